The number of likely N-dealkylation sites (N-methyl/N-ethyl adjacent to an activating group) is 1. The molecule has 3 rings (SSSR count). The van der Waals surface area contributed by atoms with E-state index in [1.165, 1.54) is 18.4 Å². The zero-order valence-electron chi connectivity index (χ0n) is 15.2. The molecule has 1 amide bonds. The number of amides is 1. The van der Waals surface area contributed by atoms with E-state index < -0.39 is 0 Å². The largest absolute Gasteiger partial charge is 0.333 e. The van der Waals surface area contributed by atoms with Gasteiger partial charge in [0.2, 0.25) is 0 Å². The third-order valence-corrected chi connectivity index (χ3v) is 4.98. The molecule has 4 nitrogen and oxygen atoms in total. The predicted molar refractivity (Wildman–Crippen MR) is 101 cm³/mol. The van der Waals surface area contributed by atoms with Crippen molar-refractivity contribution in [3.05, 3.63) is 65.5 Å². The zero-order valence-corrected chi connectivity index (χ0v) is 15.2. The molecular formula is C21H27N3O. The van der Waals surface area contributed by atoms with Crippen molar-refractivity contribution >= 4 is 5.91 Å². The molecule has 0 aliphatic carbocycles. The quantitative estimate of drug-likeness (QED) is 0.837. The van der Waals surface area contributed by atoms with Crippen molar-refractivity contribution in [2.75, 3.05) is 26.7 Å². The van der Waals surface area contributed by atoms with E-state index in [4.69, 9.17) is 0 Å². The standard InChI is InChI=1S/C21H27N3O/c1-3-24(15-17-8-5-4-6-9-17)21(25)20-14-18(11-12-22-20)19-10-7-13-23(2)16-19/h4-6,8-9,11-12,14,19H,3,7,10,13,15-16H2,1-2H3. The third kappa shape index (κ3) is 4.45. The van der Waals surface area contributed by atoms with E-state index in [-0.39, 0.29) is 5.91 Å². The summed E-state index contributed by atoms with van der Waals surface area (Å²) < 4.78 is 0. The number of benzene rings is 1. The van der Waals surface area contributed by atoms with Crippen LogP contribution in [-0.2, 0) is 6.54 Å². The molecule has 0 saturated carbocycles. The number of carbonyl (C=O) groups excluding carboxylic acids is 1. The lowest BCUT2D eigenvalue weighted by Gasteiger charge is -2.30. The van der Waals surface area contributed by atoms with E-state index in [1.54, 1.807) is 6.20 Å². The highest BCUT2D eigenvalue weighted by atomic mass is 16.2. The average Bonchev–Trinajstić information content (AvgIpc) is 2.66. The maximum absolute atomic E-state index is 12.9. The molecule has 1 fully saturated rings. The predicted octanol–water partition coefficient (Wildman–Crippen LogP) is 3.55. The first-order valence-corrected chi connectivity index (χ1v) is 9.15. The van der Waals surface area contributed by atoms with Crippen molar-refractivity contribution in [1.82, 2.24) is 14.8 Å². The molecule has 2 aromatic rings. The first kappa shape index (κ1) is 17.6. The Morgan fingerprint density at radius 2 is 2.08 bits per heavy atom. The number of hydrogen-bond acceptors (Lipinski definition) is 3. The van der Waals surface area contributed by atoms with Crippen molar-refractivity contribution in [3.8, 4) is 0 Å². The van der Waals surface area contributed by atoms with Gasteiger partial charge in [0.15, 0.2) is 0 Å². The van der Waals surface area contributed by atoms with Crippen LogP contribution in [0.25, 0.3) is 0 Å². The van der Waals surface area contributed by atoms with Gasteiger partial charge in [-0.05, 0) is 62.5 Å². The summed E-state index contributed by atoms with van der Waals surface area (Å²) in [6, 6.07) is 14.2. The van der Waals surface area contributed by atoms with Crippen LogP contribution >= 0.6 is 0 Å². The number of carbonyl (C=O) groups is 1. The summed E-state index contributed by atoms with van der Waals surface area (Å²) in [5.74, 6) is 0.509. The van der Waals surface area contributed by atoms with Crippen LogP contribution in [0.2, 0.25) is 0 Å². The molecule has 1 aliphatic heterocycles. The summed E-state index contributed by atoms with van der Waals surface area (Å²) >= 11 is 0. The van der Waals surface area contributed by atoms with Crippen LogP contribution in [0.4, 0.5) is 0 Å². The molecule has 0 bridgehead atoms. The van der Waals surface area contributed by atoms with Crippen LogP contribution in [-0.4, -0.2) is 47.4 Å². The minimum absolute atomic E-state index is 0.0115. The Morgan fingerprint density at radius 3 is 2.80 bits per heavy atom. The number of aromatic nitrogens is 1. The molecule has 0 spiro atoms. The summed E-state index contributed by atoms with van der Waals surface area (Å²) in [6.07, 6.45) is 4.18. The van der Waals surface area contributed by atoms with Gasteiger partial charge in [-0.1, -0.05) is 30.3 Å². The number of rotatable bonds is 5. The molecular weight excluding hydrogens is 310 g/mol. The average molecular weight is 337 g/mol. The van der Waals surface area contributed by atoms with Crippen LogP contribution in [0, 0.1) is 0 Å². The molecule has 1 saturated heterocycles. The monoisotopic (exact) mass is 337 g/mol. The van der Waals surface area contributed by atoms with Gasteiger partial charge < -0.3 is 9.80 Å². The van der Waals surface area contributed by atoms with Gasteiger partial charge >= 0.3 is 0 Å². The van der Waals surface area contributed by atoms with Gasteiger partial charge in [0, 0.05) is 25.8 Å². The Labute approximate surface area is 150 Å². The zero-order chi connectivity index (χ0) is 17.6. The van der Waals surface area contributed by atoms with Gasteiger partial charge in [-0.3, -0.25) is 9.78 Å². The second-order valence-corrected chi connectivity index (χ2v) is 6.88. The van der Waals surface area contributed by atoms with E-state index in [9.17, 15) is 4.79 Å². The number of nitrogens with zero attached hydrogens (tertiary/aromatic N) is 3. The SMILES string of the molecule is CCN(Cc1ccccc1)C(=O)c1cc(C2CCCN(C)C2)ccn1. The highest BCUT2D eigenvalue weighted by Crippen LogP contribution is 2.26. The van der Waals surface area contributed by atoms with E-state index in [0.717, 1.165) is 18.7 Å². The fourth-order valence-electron chi connectivity index (χ4n) is 3.55. The van der Waals surface area contributed by atoms with Crippen molar-refractivity contribution in [1.29, 1.82) is 0 Å². The van der Waals surface area contributed by atoms with Gasteiger partial charge in [-0.15, -0.1) is 0 Å². The highest BCUT2D eigenvalue weighted by molar-refractivity contribution is 5.92. The Hall–Kier alpha value is -2.20. The first-order valence-electron chi connectivity index (χ1n) is 9.15. The molecule has 0 N–H and O–H groups in total. The number of pyridine rings is 1. The Morgan fingerprint density at radius 1 is 1.28 bits per heavy atom. The first-order chi connectivity index (χ1) is 12.2. The van der Waals surface area contributed by atoms with E-state index in [0.29, 0.717) is 24.7 Å². The van der Waals surface area contributed by atoms with E-state index in [1.807, 2.05) is 36.1 Å². The highest BCUT2D eigenvalue weighted by Gasteiger charge is 2.21. The summed E-state index contributed by atoms with van der Waals surface area (Å²) in [6.45, 7) is 5.52. The number of piperidine rings is 1. The Balaban J connectivity index is 1.75. The van der Waals surface area contributed by atoms with Gasteiger partial charge in [0.25, 0.3) is 5.91 Å². The lowest BCUT2D eigenvalue weighted by Crippen LogP contribution is -2.32. The smallest absolute Gasteiger partial charge is 0.272 e. The maximum atomic E-state index is 12.9. The van der Waals surface area contributed by atoms with Gasteiger partial charge in [0.05, 0.1) is 0 Å². The summed E-state index contributed by atoms with van der Waals surface area (Å²) in [5, 5.41) is 0. The minimum Gasteiger partial charge on any atom is -0.333 e. The van der Waals surface area contributed by atoms with Crippen molar-refractivity contribution < 1.29 is 4.79 Å². The summed E-state index contributed by atoms with van der Waals surface area (Å²) in [7, 11) is 2.16. The lowest BCUT2D eigenvalue weighted by atomic mass is 9.91. The molecule has 1 aromatic heterocycles. The van der Waals surface area contributed by atoms with Crippen LogP contribution in [0.15, 0.2) is 48.7 Å². The molecule has 0 radical (unpaired) electrons. The van der Waals surface area contributed by atoms with Crippen LogP contribution in [0.1, 0.15) is 47.3 Å². The molecule has 132 valence electrons. The Kier molecular flexibility index (Phi) is 5.82. The Bertz CT molecular complexity index is 701. The molecule has 1 aromatic carbocycles. The molecule has 4 heteroatoms. The molecule has 25 heavy (non-hydrogen) atoms. The second kappa shape index (κ2) is 8.26. The summed E-state index contributed by atoms with van der Waals surface area (Å²) in [5.41, 5.74) is 2.94. The van der Waals surface area contributed by atoms with E-state index >= 15 is 0 Å². The topological polar surface area (TPSA) is 36.4 Å². The van der Waals surface area contributed by atoms with Crippen molar-refractivity contribution in [2.24, 2.45) is 0 Å². The molecule has 1 atom stereocenters. The fraction of sp³-hybridized carbons (Fsp3) is 0.429. The summed E-state index contributed by atoms with van der Waals surface area (Å²) in [4.78, 5) is 21.5. The second-order valence-electron chi connectivity index (χ2n) is 6.88. The lowest BCUT2D eigenvalue weighted by molar-refractivity contribution is 0.0746. The maximum Gasteiger partial charge on any atom is 0.272 e. The number of hydrogen-bond donors (Lipinski definition) is 0. The van der Waals surface area contributed by atoms with Crippen molar-refractivity contribution in [3.63, 3.8) is 0 Å². The number of likely N-dealkylation sites (tertiary alicyclic amines) is 1. The van der Waals surface area contributed by atoms with E-state index in [2.05, 4.69) is 35.1 Å². The van der Waals surface area contributed by atoms with Gasteiger partial charge in [0.1, 0.15) is 5.69 Å². The minimum atomic E-state index is 0.0115. The third-order valence-electron chi connectivity index (χ3n) is 4.98. The van der Waals surface area contributed by atoms with Crippen LogP contribution in [0.5, 0.6) is 0 Å². The van der Waals surface area contributed by atoms with Gasteiger partial charge in [-0.25, -0.2) is 0 Å². The molecule has 1 aliphatic rings. The molecule has 2 heterocycles. The van der Waals surface area contributed by atoms with Crippen LogP contribution in [0.3, 0.4) is 0 Å². The van der Waals surface area contributed by atoms with Crippen LogP contribution < -0.4 is 0 Å². The molecule has 1 unspecified atom stereocenters. The van der Waals surface area contributed by atoms with Gasteiger partial charge in [-0.2, -0.15) is 0 Å². The normalized spacial score (nSPS) is 18.1. The fourth-order valence-corrected chi connectivity index (χ4v) is 3.55. The van der Waals surface area contributed by atoms with Crippen molar-refractivity contribution in [2.45, 2.75) is 32.2 Å².